The van der Waals surface area contributed by atoms with Crippen LogP contribution >= 0.6 is 23.5 Å². The van der Waals surface area contributed by atoms with E-state index in [1.54, 1.807) is 48.6 Å². The second kappa shape index (κ2) is 14.4. The highest BCUT2D eigenvalue weighted by molar-refractivity contribution is 8.00. The largest absolute Gasteiger partial charge is 0.352 e. The second-order valence-corrected chi connectivity index (χ2v) is 10.8. The van der Waals surface area contributed by atoms with Crippen molar-refractivity contribution in [1.82, 2.24) is 16.0 Å². The molecule has 0 atom stereocenters. The van der Waals surface area contributed by atoms with Crippen molar-refractivity contribution in [3.63, 3.8) is 0 Å². The topological polar surface area (TPSA) is 87.3 Å². The highest BCUT2D eigenvalue weighted by Gasteiger charge is 2.13. The zero-order chi connectivity index (χ0) is 22.5. The van der Waals surface area contributed by atoms with Gasteiger partial charge in [0, 0.05) is 48.7 Å². The number of amides is 3. The van der Waals surface area contributed by atoms with Gasteiger partial charge in [0.2, 0.25) is 5.91 Å². The summed E-state index contributed by atoms with van der Waals surface area (Å²) in [6.45, 7) is 11.6. The van der Waals surface area contributed by atoms with Crippen LogP contribution < -0.4 is 16.0 Å². The molecule has 168 valence electrons. The summed E-state index contributed by atoms with van der Waals surface area (Å²) >= 11 is 3.56. The third-order valence-electron chi connectivity index (χ3n) is 4.01. The third-order valence-corrected chi connectivity index (χ3v) is 6.22. The van der Waals surface area contributed by atoms with Gasteiger partial charge in [-0.15, -0.1) is 0 Å². The van der Waals surface area contributed by atoms with Crippen molar-refractivity contribution in [2.45, 2.75) is 58.1 Å². The molecule has 0 bridgehead atoms. The first kappa shape index (κ1) is 26.4. The van der Waals surface area contributed by atoms with Gasteiger partial charge in [-0.3, -0.25) is 14.4 Å². The van der Waals surface area contributed by atoms with Crippen LogP contribution in [0.25, 0.3) is 0 Å². The Hall–Kier alpha value is -1.67. The first-order valence-corrected chi connectivity index (χ1v) is 12.5. The lowest BCUT2D eigenvalue weighted by Crippen LogP contribution is -2.29. The van der Waals surface area contributed by atoms with Crippen LogP contribution in [0.5, 0.6) is 0 Å². The van der Waals surface area contributed by atoms with Gasteiger partial charge in [-0.05, 0) is 34.3 Å². The molecule has 6 nitrogen and oxygen atoms in total. The molecule has 0 saturated carbocycles. The highest BCUT2D eigenvalue weighted by atomic mass is 32.2. The lowest BCUT2D eigenvalue weighted by molar-refractivity contribution is -0.120. The number of rotatable bonds is 13. The molecule has 0 radical (unpaired) electrons. The molecule has 0 aliphatic rings. The van der Waals surface area contributed by atoms with Gasteiger partial charge >= 0.3 is 0 Å². The van der Waals surface area contributed by atoms with Crippen LogP contribution in [-0.4, -0.2) is 52.8 Å². The van der Waals surface area contributed by atoms with Crippen molar-refractivity contribution < 1.29 is 14.4 Å². The van der Waals surface area contributed by atoms with Crippen molar-refractivity contribution in [3.05, 3.63) is 34.9 Å². The van der Waals surface area contributed by atoms with Crippen molar-refractivity contribution in [2.24, 2.45) is 0 Å². The Morgan fingerprint density at radius 2 is 1.27 bits per heavy atom. The van der Waals surface area contributed by atoms with Gasteiger partial charge in [0.25, 0.3) is 11.8 Å². The van der Waals surface area contributed by atoms with Gasteiger partial charge < -0.3 is 16.0 Å². The summed E-state index contributed by atoms with van der Waals surface area (Å²) in [7, 11) is 0. The van der Waals surface area contributed by atoms with E-state index in [0.717, 1.165) is 17.1 Å². The number of thioether (sulfide) groups is 2. The molecule has 8 heteroatoms. The molecule has 30 heavy (non-hydrogen) atoms. The van der Waals surface area contributed by atoms with Gasteiger partial charge in [-0.1, -0.05) is 34.6 Å². The maximum atomic E-state index is 12.6. The smallest absolute Gasteiger partial charge is 0.251 e. The van der Waals surface area contributed by atoms with E-state index in [-0.39, 0.29) is 24.3 Å². The summed E-state index contributed by atoms with van der Waals surface area (Å²) in [6.07, 6.45) is 0.383. The molecule has 1 rings (SSSR count). The highest BCUT2D eigenvalue weighted by Crippen LogP contribution is 2.13. The lowest BCUT2D eigenvalue weighted by Gasteiger charge is -2.12. The Morgan fingerprint density at radius 1 is 0.800 bits per heavy atom. The van der Waals surface area contributed by atoms with Crippen molar-refractivity contribution >= 4 is 41.2 Å². The summed E-state index contributed by atoms with van der Waals surface area (Å²) in [5.74, 6) is 1.15. The van der Waals surface area contributed by atoms with E-state index in [4.69, 9.17) is 0 Å². The van der Waals surface area contributed by atoms with Crippen molar-refractivity contribution in [2.75, 3.05) is 24.6 Å². The van der Waals surface area contributed by atoms with Crippen LogP contribution in [-0.2, 0) is 11.3 Å². The quantitative estimate of drug-likeness (QED) is 0.398. The summed E-state index contributed by atoms with van der Waals surface area (Å²) in [6, 6.07) is 5.07. The summed E-state index contributed by atoms with van der Waals surface area (Å²) in [4.78, 5) is 36.8. The van der Waals surface area contributed by atoms with Gasteiger partial charge in [0.1, 0.15) is 0 Å². The Balaban J connectivity index is 2.86. The normalized spacial score (nSPS) is 10.9. The molecule has 0 aromatic heterocycles. The van der Waals surface area contributed by atoms with E-state index in [2.05, 4.69) is 43.6 Å². The molecular formula is C22H35N3O3S2. The average molecular weight is 454 g/mol. The fourth-order valence-electron chi connectivity index (χ4n) is 2.50. The first-order chi connectivity index (χ1) is 14.2. The summed E-state index contributed by atoms with van der Waals surface area (Å²) in [5.41, 5.74) is 1.58. The van der Waals surface area contributed by atoms with Gasteiger partial charge in [-0.25, -0.2) is 0 Å². The molecule has 0 spiro atoms. The SMILES string of the molecule is CCC(=O)NCc1cc(C(=O)NCCSC(C)C)cc(C(=O)NCCSC(C)C)c1. The van der Waals surface area contributed by atoms with E-state index in [0.29, 0.717) is 41.1 Å². The molecule has 1 aromatic carbocycles. The third kappa shape index (κ3) is 10.9. The molecular weight excluding hydrogens is 418 g/mol. The minimum absolute atomic E-state index is 0.0766. The van der Waals surface area contributed by atoms with E-state index < -0.39 is 0 Å². The van der Waals surface area contributed by atoms with Gasteiger partial charge in [0.15, 0.2) is 0 Å². The van der Waals surface area contributed by atoms with E-state index in [9.17, 15) is 14.4 Å². The van der Waals surface area contributed by atoms with Crippen LogP contribution in [0.3, 0.4) is 0 Å². The maximum absolute atomic E-state index is 12.6. The number of hydrogen-bond acceptors (Lipinski definition) is 5. The molecule has 0 aliphatic carbocycles. The standard InChI is InChI=1S/C22H35N3O3S2/c1-6-20(26)25-14-17-11-18(21(27)23-7-9-29-15(2)3)13-19(12-17)22(28)24-8-10-30-16(4)5/h11-13,15-16H,6-10,14H2,1-5H3,(H,23,27)(H,24,28)(H,25,26). The van der Waals surface area contributed by atoms with E-state index in [1.807, 2.05) is 0 Å². The van der Waals surface area contributed by atoms with Crippen LogP contribution in [0, 0.1) is 0 Å². The summed E-state index contributed by atoms with van der Waals surface area (Å²) in [5, 5.41) is 9.64. The number of nitrogens with one attached hydrogen (secondary N) is 3. The molecule has 0 saturated heterocycles. The Labute approximate surface area is 189 Å². The molecule has 0 fully saturated rings. The summed E-state index contributed by atoms with van der Waals surface area (Å²) < 4.78 is 0. The minimum atomic E-state index is -0.215. The van der Waals surface area contributed by atoms with Crippen LogP contribution in [0.1, 0.15) is 67.3 Å². The van der Waals surface area contributed by atoms with Crippen LogP contribution in [0.4, 0.5) is 0 Å². The Morgan fingerprint density at radius 3 is 1.67 bits per heavy atom. The van der Waals surface area contributed by atoms with Gasteiger partial charge in [0.05, 0.1) is 0 Å². The zero-order valence-electron chi connectivity index (χ0n) is 18.7. The van der Waals surface area contributed by atoms with Crippen LogP contribution in [0.2, 0.25) is 0 Å². The zero-order valence-corrected chi connectivity index (χ0v) is 20.3. The van der Waals surface area contributed by atoms with E-state index >= 15 is 0 Å². The Bertz CT molecular complexity index is 663. The molecule has 3 N–H and O–H groups in total. The number of carbonyl (C=O) groups is 3. The second-order valence-electron chi connectivity index (χ2n) is 7.40. The monoisotopic (exact) mass is 453 g/mol. The van der Waals surface area contributed by atoms with Crippen LogP contribution in [0.15, 0.2) is 18.2 Å². The molecule has 1 aromatic rings. The predicted molar refractivity (Wildman–Crippen MR) is 128 cm³/mol. The first-order valence-electron chi connectivity index (χ1n) is 10.4. The molecule has 0 heterocycles. The van der Waals surface area contributed by atoms with Crippen molar-refractivity contribution in [1.29, 1.82) is 0 Å². The maximum Gasteiger partial charge on any atom is 0.251 e. The fraction of sp³-hybridized carbons (Fsp3) is 0.591. The Kier molecular flexibility index (Phi) is 12.6. The minimum Gasteiger partial charge on any atom is -0.352 e. The lowest BCUT2D eigenvalue weighted by atomic mass is 10.0. The molecule has 0 aliphatic heterocycles. The predicted octanol–water partition coefficient (Wildman–Crippen LogP) is 3.46. The van der Waals surface area contributed by atoms with Gasteiger partial charge in [-0.2, -0.15) is 23.5 Å². The van der Waals surface area contributed by atoms with Crippen molar-refractivity contribution in [3.8, 4) is 0 Å². The average Bonchev–Trinajstić information content (AvgIpc) is 2.71. The number of carbonyl (C=O) groups excluding carboxylic acids is 3. The number of hydrogen-bond donors (Lipinski definition) is 3. The van der Waals surface area contributed by atoms with E-state index in [1.165, 1.54) is 0 Å². The number of benzene rings is 1. The molecule has 3 amide bonds. The molecule has 0 unspecified atom stereocenters. The fourth-order valence-corrected chi connectivity index (χ4v) is 3.89.